The molecule has 0 aliphatic rings. The van der Waals surface area contributed by atoms with Crippen LogP contribution in [0.2, 0.25) is 0 Å². The average molecular weight is 279 g/mol. The van der Waals surface area contributed by atoms with Gasteiger partial charge in [0, 0.05) is 17.8 Å². The first kappa shape index (κ1) is 13.2. The summed E-state index contributed by atoms with van der Waals surface area (Å²) in [5, 5.41) is 0. The predicted octanol–water partition coefficient (Wildman–Crippen LogP) is 0.358. The number of nitrogens with zero attached hydrogens (tertiary/aromatic N) is 1. The van der Waals surface area contributed by atoms with E-state index in [0.29, 0.717) is 11.1 Å². The monoisotopic (exact) mass is 279 g/mol. The number of aromatic amines is 1. The molecule has 19 heavy (non-hydrogen) atoms. The number of aromatic nitrogens is 2. The molecule has 3 N–H and O–H groups in total. The Morgan fingerprint density at radius 1 is 1.37 bits per heavy atom. The lowest BCUT2D eigenvalue weighted by Gasteiger charge is -2.10. The van der Waals surface area contributed by atoms with Gasteiger partial charge >= 0.3 is 5.69 Å². The van der Waals surface area contributed by atoms with Crippen LogP contribution in [0.15, 0.2) is 40.1 Å². The number of benzene rings is 1. The Morgan fingerprint density at radius 3 is 2.74 bits per heavy atom. The average Bonchev–Trinajstić information content (AvgIpc) is 2.34. The van der Waals surface area contributed by atoms with Crippen molar-refractivity contribution in [3.63, 3.8) is 0 Å². The highest BCUT2D eigenvalue weighted by molar-refractivity contribution is 7.80. The van der Waals surface area contributed by atoms with E-state index in [0.717, 1.165) is 0 Å². The summed E-state index contributed by atoms with van der Waals surface area (Å²) in [6.07, 6.45) is 1.36. The van der Waals surface area contributed by atoms with Crippen molar-refractivity contribution in [2.75, 3.05) is 0 Å². The van der Waals surface area contributed by atoms with Crippen LogP contribution in [0.3, 0.4) is 0 Å². The van der Waals surface area contributed by atoms with Gasteiger partial charge in [0.2, 0.25) is 0 Å². The second kappa shape index (κ2) is 5.15. The van der Waals surface area contributed by atoms with E-state index in [1.165, 1.54) is 35.0 Å². The molecule has 0 aliphatic heterocycles. The van der Waals surface area contributed by atoms with Gasteiger partial charge in [-0.3, -0.25) is 14.3 Å². The Bertz CT molecular complexity index is 751. The first-order valence-electron chi connectivity index (χ1n) is 5.35. The lowest BCUT2D eigenvalue weighted by Crippen LogP contribution is -2.29. The summed E-state index contributed by atoms with van der Waals surface area (Å²) in [5.41, 5.74) is 5.46. The molecule has 0 radical (unpaired) electrons. The normalized spacial score (nSPS) is 10.4. The van der Waals surface area contributed by atoms with E-state index >= 15 is 0 Å². The maximum atomic E-state index is 13.1. The van der Waals surface area contributed by atoms with Crippen LogP contribution in [0, 0.1) is 5.82 Å². The van der Waals surface area contributed by atoms with E-state index in [4.69, 9.17) is 18.0 Å². The Kier molecular flexibility index (Phi) is 3.57. The van der Waals surface area contributed by atoms with Crippen molar-refractivity contribution in [2.45, 2.75) is 6.54 Å². The molecule has 0 spiro atoms. The number of thiocarbonyl (C=S) groups is 1. The molecular weight excluding hydrogens is 269 g/mol. The van der Waals surface area contributed by atoms with Crippen LogP contribution in [0.4, 0.5) is 4.39 Å². The van der Waals surface area contributed by atoms with Gasteiger partial charge in [-0.15, -0.1) is 0 Å². The van der Waals surface area contributed by atoms with Crippen LogP contribution in [0.5, 0.6) is 0 Å². The summed E-state index contributed by atoms with van der Waals surface area (Å²) in [7, 11) is 0. The highest BCUT2D eigenvalue weighted by atomic mass is 32.1. The van der Waals surface area contributed by atoms with Gasteiger partial charge in [0.25, 0.3) is 5.56 Å². The lowest BCUT2D eigenvalue weighted by molar-refractivity contribution is 0.625. The van der Waals surface area contributed by atoms with E-state index in [1.54, 1.807) is 0 Å². The second-order valence-electron chi connectivity index (χ2n) is 3.90. The number of halogens is 1. The van der Waals surface area contributed by atoms with Crippen LogP contribution in [0.25, 0.3) is 0 Å². The molecule has 0 saturated heterocycles. The van der Waals surface area contributed by atoms with Gasteiger partial charge in [-0.05, 0) is 17.7 Å². The van der Waals surface area contributed by atoms with Crippen LogP contribution >= 0.6 is 12.2 Å². The molecule has 0 aliphatic carbocycles. The van der Waals surface area contributed by atoms with E-state index in [1.807, 2.05) is 0 Å². The lowest BCUT2D eigenvalue weighted by atomic mass is 10.1. The van der Waals surface area contributed by atoms with Crippen molar-refractivity contribution < 1.29 is 4.39 Å². The van der Waals surface area contributed by atoms with E-state index in [9.17, 15) is 14.0 Å². The van der Waals surface area contributed by atoms with E-state index < -0.39 is 17.1 Å². The van der Waals surface area contributed by atoms with Gasteiger partial charge in [-0.2, -0.15) is 0 Å². The Balaban J connectivity index is 2.46. The first-order valence-corrected chi connectivity index (χ1v) is 5.76. The molecule has 0 bridgehead atoms. The third-order valence-electron chi connectivity index (χ3n) is 2.57. The number of hydrogen-bond acceptors (Lipinski definition) is 3. The van der Waals surface area contributed by atoms with Crippen molar-refractivity contribution in [3.8, 4) is 0 Å². The van der Waals surface area contributed by atoms with Crippen LogP contribution in [-0.4, -0.2) is 14.5 Å². The zero-order valence-corrected chi connectivity index (χ0v) is 10.5. The molecule has 0 fully saturated rings. The SMILES string of the molecule is NC(=S)c1cc(F)ccc1Cn1ccc(=O)[nH]c1=O. The van der Waals surface area contributed by atoms with Crippen molar-refractivity contribution >= 4 is 17.2 Å². The number of nitrogens with two attached hydrogens (primary N) is 1. The highest BCUT2D eigenvalue weighted by Crippen LogP contribution is 2.12. The van der Waals surface area contributed by atoms with Gasteiger partial charge in [-0.1, -0.05) is 18.3 Å². The Morgan fingerprint density at radius 2 is 2.11 bits per heavy atom. The van der Waals surface area contributed by atoms with Crippen molar-refractivity contribution in [3.05, 3.63) is 68.2 Å². The molecule has 2 rings (SSSR count). The molecular formula is C12H10FN3O2S. The summed E-state index contributed by atoms with van der Waals surface area (Å²) < 4.78 is 14.4. The molecule has 1 aromatic heterocycles. The molecule has 0 saturated carbocycles. The van der Waals surface area contributed by atoms with Crippen LogP contribution in [0.1, 0.15) is 11.1 Å². The fourth-order valence-electron chi connectivity index (χ4n) is 1.67. The summed E-state index contributed by atoms with van der Waals surface area (Å²) >= 11 is 4.84. The molecule has 2 aromatic rings. The maximum absolute atomic E-state index is 13.1. The summed E-state index contributed by atoms with van der Waals surface area (Å²) in [4.78, 5) is 24.7. The highest BCUT2D eigenvalue weighted by Gasteiger charge is 2.08. The first-order chi connectivity index (χ1) is 8.97. The number of nitrogens with one attached hydrogen (secondary N) is 1. The fraction of sp³-hybridized carbons (Fsp3) is 0.0833. The van der Waals surface area contributed by atoms with Gasteiger partial charge < -0.3 is 5.73 Å². The standard InChI is InChI=1S/C12H10FN3O2S/c13-8-2-1-7(9(5-8)11(14)19)6-16-4-3-10(17)15-12(16)18/h1-5H,6H2,(H2,14,19)(H,15,17,18). The minimum absolute atomic E-state index is 0.0481. The van der Waals surface area contributed by atoms with Crippen molar-refractivity contribution in [1.29, 1.82) is 0 Å². The molecule has 7 heteroatoms. The maximum Gasteiger partial charge on any atom is 0.328 e. The topological polar surface area (TPSA) is 80.9 Å². The largest absolute Gasteiger partial charge is 0.389 e. The number of rotatable bonds is 3. The zero-order chi connectivity index (χ0) is 14.0. The van der Waals surface area contributed by atoms with Gasteiger partial charge in [0.15, 0.2) is 0 Å². The summed E-state index contributed by atoms with van der Waals surface area (Å²) in [6.45, 7) is 0.141. The van der Waals surface area contributed by atoms with E-state index in [2.05, 4.69) is 4.98 Å². The zero-order valence-electron chi connectivity index (χ0n) is 9.72. The molecule has 1 aromatic carbocycles. The van der Waals surface area contributed by atoms with Crippen LogP contribution in [-0.2, 0) is 6.54 Å². The third kappa shape index (κ3) is 2.94. The smallest absolute Gasteiger partial charge is 0.328 e. The minimum Gasteiger partial charge on any atom is -0.389 e. The van der Waals surface area contributed by atoms with Gasteiger partial charge in [0.05, 0.1) is 6.54 Å². The quantitative estimate of drug-likeness (QED) is 0.795. The number of H-pyrrole nitrogens is 1. The molecule has 5 nitrogen and oxygen atoms in total. The third-order valence-corrected chi connectivity index (χ3v) is 2.79. The number of hydrogen-bond donors (Lipinski definition) is 2. The molecule has 98 valence electrons. The molecule has 1 heterocycles. The predicted molar refractivity (Wildman–Crippen MR) is 72.7 cm³/mol. The Hall–Kier alpha value is -2.28. The van der Waals surface area contributed by atoms with Crippen LogP contribution < -0.4 is 17.0 Å². The summed E-state index contributed by atoms with van der Waals surface area (Å²) in [6, 6.07) is 5.20. The van der Waals surface area contributed by atoms with Gasteiger partial charge in [-0.25, -0.2) is 9.18 Å². The molecule has 0 amide bonds. The van der Waals surface area contributed by atoms with E-state index in [-0.39, 0.29) is 11.5 Å². The minimum atomic E-state index is -0.550. The van der Waals surface area contributed by atoms with Crippen molar-refractivity contribution in [2.24, 2.45) is 5.73 Å². The molecule has 0 atom stereocenters. The molecule has 0 unspecified atom stereocenters. The Labute approximate surface area is 112 Å². The summed E-state index contributed by atoms with van der Waals surface area (Å²) in [5.74, 6) is -0.458. The van der Waals surface area contributed by atoms with Gasteiger partial charge in [0.1, 0.15) is 10.8 Å². The fourth-order valence-corrected chi connectivity index (χ4v) is 1.86. The van der Waals surface area contributed by atoms with Crippen molar-refractivity contribution in [1.82, 2.24) is 9.55 Å². The second-order valence-corrected chi connectivity index (χ2v) is 4.34.